The average molecular weight is 390 g/mol. The second-order valence-electron chi connectivity index (χ2n) is 5.66. The number of carbonyl (C=O) groups is 2. The van der Waals surface area contributed by atoms with E-state index in [2.05, 4.69) is 21.2 Å². The Morgan fingerprint density at radius 1 is 1.12 bits per heavy atom. The highest BCUT2D eigenvalue weighted by atomic mass is 79.9. The van der Waals surface area contributed by atoms with Gasteiger partial charge in [-0.2, -0.15) is 0 Å². The fourth-order valence-corrected chi connectivity index (χ4v) is 2.56. The van der Waals surface area contributed by atoms with Crippen molar-refractivity contribution in [3.05, 3.63) is 69.2 Å². The van der Waals surface area contributed by atoms with Crippen LogP contribution in [-0.2, 0) is 9.53 Å². The van der Waals surface area contributed by atoms with Gasteiger partial charge in [-0.25, -0.2) is 4.79 Å². The third kappa shape index (κ3) is 4.68. The first-order valence-corrected chi connectivity index (χ1v) is 8.46. The van der Waals surface area contributed by atoms with Crippen molar-refractivity contribution in [3.8, 4) is 0 Å². The quantitative estimate of drug-likeness (QED) is 0.783. The number of halogens is 1. The fourth-order valence-electron chi connectivity index (χ4n) is 2.30. The van der Waals surface area contributed by atoms with Gasteiger partial charge in [-0.05, 0) is 55.7 Å². The number of ether oxygens (including phenoxy) is 1. The Morgan fingerprint density at radius 3 is 2.46 bits per heavy atom. The van der Waals surface area contributed by atoms with E-state index in [1.54, 1.807) is 12.1 Å². The van der Waals surface area contributed by atoms with Crippen molar-refractivity contribution >= 4 is 27.8 Å². The molecule has 5 heteroatoms. The van der Waals surface area contributed by atoms with Crippen LogP contribution in [0.5, 0.6) is 0 Å². The Morgan fingerprint density at radius 2 is 1.79 bits per heavy atom. The van der Waals surface area contributed by atoms with E-state index in [9.17, 15) is 9.59 Å². The minimum atomic E-state index is -0.484. The van der Waals surface area contributed by atoms with Gasteiger partial charge >= 0.3 is 5.97 Å². The van der Waals surface area contributed by atoms with Gasteiger partial charge in [-0.1, -0.05) is 40.2 Å². The predicted molar refractivity (Wildman–Crippen MR) is 96.9 cm³/mol. The minimum Gasteiger partial charge on any atom is -0.452 e. The molecule has 0 aliphatic carbocycles. The number of benzene rings is 2. The molecule has 0 aliphatic heterocycles. The van der Waals surface area contributed by atoms with Gasteiger partial charge in [-0.15, -0.1) is 0 Å². The zero-order valence-electron chi connectivity index (χ0n) is 13.9. The molecular formula is C19H20BrNO3. The molecule has 0 unspecified atom stereocenters. The predicted octanol–water partition coefficient (Wildman–Crippen LogP) is 4.10. The summed E-state index contributed by atoms with van der Waals surface area (Å²) >= 11 is 3.37. The number of hydrogen-bond acceptors (Lipinski definition) is 3. The van der Waals surface area contributed by atoms with E-state index in [0.29, 0.717) is 5.56 Å². The molecule has 2 rings (SSSR count). The van der Waals surface area contributed by atoms with Crippen LogP contribution in [0.4, 0.5) is 0 Å². The molecule has 2 aromatic carbocycles. The molecule has 0 bridgehead atoms. The van der Waals surface area contributed by atoms with E-state index in [0.717, 1.165) is 21.2 Å². The first kappa shape index (κ1) is 18.2. The molecule has 0 saturated heterocycles. The van der Waals surface area contributed by atoms with Gasteiger partial charge in [0, 0.05) is 4.47 Å². The van der Waals surface area contributed by atoms with Crippen LogP contribution in [0.1, 0.15) is 40.0 Å². The van der Waals surface area contributed by atoms with Gasteiger partial charge in [-0.3, -0.25) is 4.79 Å². The minimum absolute atomic E-state index is 0.162. The lowest BCUT2D eigenvalue weighted by Gasteiger charge is -2.15. The van der Waals surface area contributed by atoms with Crippen molar-refractivity contribution in [3.63, 3.8) is 0 Å². The van der Waals surface area contributed by atoms with E-state index in [1.165, 1.54) is 0 Å². The molecule has 1 atom stereocenters. The maximum atomic E-state index is 12.1. The van der Waals surface area contributed by atoms with Crippen molar-refractivity contribution in [1.82, 2.24) is 5.32 Å². The Labute approximate surface area is 150 Å². The van der Waals surface area contributed by atoms with Crippen LogP contribution in [0.15, 0.2) is 46.9 Å². The molecule has 4 nitrogen and oxygen atoms in total. The molecule has 0 spiro atoms. The molecule has 2 aromatic rings. The molecule has 0 saturated carbocycles. The zero-order chi connectivity index (χ0) is 17.7. The first-order valence-electron chi connectivity index (χ1n) is 7.66. The summed E-state index contributed by atoms with van der Waals surface area (Å²) in [6, 6.07) is 13.0. The highest BCUT2D eigenvalue weighted by molar-refractivity contribution is 9.10. The maximum absolute atomic E-state index is 12.1. The number of aryl methyl sites for hydroxylation is 1. The second kappa shape index (κ2) is 8.11. The van der Waals surface area contributed by atoms with E-state index >= 15 is 0 Å². The standard InChI is InChI=1S/C19H20BrNO3/c1-12-5-4-6-17(13(12)2)19(23)24-11-18(22)21-14(3)15-7-9-16(20)10-8-15/h4-10,14H,11H2,1-3H3,(H,21,22)/t14-/m0/s1. The van der Waals surface area contributed by atoms with Gasteiger partial charge in [0.15, 0.2) is 6.61 Å². The van der Waals surface area contributed by atoms with E-state index in [-0.39, 0.29) is 18.6 Å². The molecule has 1 amide bonds. The summed E-state index contributed by atoms with van der Waals surface area (Å²) in [7, 11) is 0. The van der Waals surface area contributed by atoms with E-state index in [1.807, 2.05) is 51.1 Å². The highest BCUT2D eigenvalue weighted by Gasteiger charge is 2.15. The summed E-state index contributed by atoms with van der Waals surface area (Å²) in [5.74, 6) is -0.813. The zero-order valence-corrected chi connectivity index (χ0v) is 15.5. The molecule has 1 N–H and O–H groups in total. The Bertz CT molecular complexity index is 741. The van der Waals surface area contributed by atoms with Crippen LogP contribution in [0.2, 0.25) is 0 Å². The molecule has 0 radical (unpaired) electrons. The number of amides is 1. The van der Waals surface area contributed by atoms with E-state index < -0.39 is 5.97 Å². The average Bonchev–Trinajstić information content (AvgIpc) is 2.55. The number of rotatable bonds is 5. The summed E-state index contributed by atoms with van der Waals surface area (Å²) in [6.45, 7) is 5.38. The molecule has 0 aliphatic rings. The summed E-state index contributed by atoms with van der Waals surface area (Å²) in [6.07, 6.45) is 0. The molecule has 0 heterocycles. The highest BCUT2D eigenvalue weighted by Crippen LogP contribution is 2.17. The molecule has 0 fully saturated rings. The largest absolute Gasteiger partial charge is 0.452 e. The summed E-state index contributed by atoms with van der Waals surface area (Å²) < 4.78 is 6.10. The van der Waals surface area contributed by atoms with E-state index in [4.69, 9.17) is 4.74 Å². The lowest BCUT2D eigenvalue weighted by atomic mass is 10.0. The Hall–Kier alpha value is -2.14. The number of esters is 1. The third-order valence-electron chi connectivity index (χ3n) is 3.91. The second-order valence-corrected chi connectivity index (χ2v) is 6.58. The van der Waals surface area contributed by atoms with Gasteiger partial charge in [0.2, 0.25) is 0 Å². The van der Waals surface area contributed by atoms with Crippen molar-refractivity contribution in [2.24, 2.45) is 0 Å². The van der Waals surface area contributed by atoms with Crippen LogP contribution in [0, 0.1) is 13.8 Å². The first-order chi connectivity index (χ1) is 11.4. The van der Waals surface area contributed by atoms with Crippen molar-refractivity contribution in [1.29, 1.82) is 0 Å². The van der Waals surface area contributed by atoms with Crippen molar-refractivity contribution in [2.75, 3.05) is 6.61 Å². The summed E-state index contributed by atoms with van der Waals surface area (Å²) in [5, 5.41) is 2.82. The Kier molecular flexibility index (Phi) is 6.15. The van der Waals surface area contributed by atoms with Crippen LogP contribution >= 0.6 is 15.9 Å². The lowest BCUT2D eigenvalue weighted by molar-refractivity contribution is -0.124. The van der Waals surface area contributed by atoms with Gasteiger partial charge < -0.3 is 10.1 Å². The molecule has 0 aromatic heterocycles. The molecule has 126 valence electrons. The van der Waals surface area contributed by atoms with Gasteiger partial charge in [0.1, 0.15) is 0 Å². The van der Waals surface area contributed by atoms with Crippen LogP contribution < -0.4 is 5.32 Å². The monoisotopic (exact) mass is 389 g/mol. The number of nitrogens with one attached hydrogen (secondary N) is 1. The summed E-state index contributed by atoms with van der Waals surface area (Å²) in [4.78, 5) is 24.1. The molecular weight excluding hydrogens is 370 g/mol. The number of hydrogen-bond donors (Lipinski definition) is 1. The topological polar surface area (TPSA) is 55.4 Å². The maximum Gasteiger partial charge on any atom is 0.338 e. The number of carbonyl (C=O) groups excluding carboxylic acids is 2. The lowest BCUT2D eigenvalue weighted by Crippen LogP contribution is -2.31. The summed E-state index contributed by atoms with van der Waals surface area (Å²) in [5.41, 5.74) is 3.35. The van der Waals surface area contributed by atoms with Crippen molar-refractivity contribution < 1.29 is 14.3 Å². The van der Waals surface area contributed by atoms with Gasteiger partial charge in [0.05, 0.1) is 11.6 Å². The Balaban J connectivity index is 1.89. The van der Waals surface area contributed by atoms with Crippen molar-refractivity contribution in [2.45, 2.75) is 26.8 Å². The van der Waals surface area contributed by atoms with Gasteiger partial charge in [0.25, 0.3) is 5.91 Å². The molecule has 24 heavy (non-hydrogen) atoms. The normalized spacial score (nSPS) is 11.7. The van der Waals surface area contributed by atoms with Crippen LogP contribution in [0.25, 0.3) is 0 Å². The SMILES string of the molecule is Cc1cccc(C(=O)OCC(=O)N[C@@H](C)c2ccc(Br)cc2)c1C. The smallest absolute Gasteiger partial charge is 0.338 e. The fraction of sp³-hybridized carbons (Fsp3) is 0.263. The third-order valence-corrected chi connectivity index (χ3v) is 4.44. The van der Waals surface area contributed by atoms with Crippen LogP contribution in [-0.4, -0.2) is 18.5 Å². The van der Waals surface area contributed by atoms with Crippen LogP contribution in [0.3, 0.4) is 0 Å².